The van der Waals surface area contributed by atoms with Gasteiger partial charge in [0.15, 0.2) is 12.0 Å². The molecule has 8 heteroatoms. The summed E-state index contributed by atoms with van der Waals surface area (Å²) >= 11 is 0. The number of nitriles is 1. The predicted octanol–water partition coefficient (Wildman–Crippen LogP) is 4.21. The third-order valence-electron chi connectivity index (χ3n) is 7.20. The number of rotatable bonds is 7. The molecule has 2 saturated heterocycles. The Hall–Kier alpha value is -3.44. The van der Waals surface area contributed by atoms with Crippen LogP contribution in [0.5, 0.6) is 5.88 Å². The largest absolute Gasteiger partial charge is 0.475 e. The Labute approximate surface area is 213 Å². The topological polar surface area (TPSA) is 74.1 Å². The second-order valence-corrected chi connectivity index (χ2v) is 9.65. The van der Waals surface area contributed by atoms with Gasteiger partial charge in [0.1, 0.15) is 30.3 Å². The number of ether oxygens (including phenoxy) is 3. The minimum Gasteiger partial charge on any atom is -0.475 e. The van der Waals surface area contributed by atoms with Crippen LogP contribution < -0.4 is 9.64 Å². The highest BCUT2D eigenvalue weighted by molar-refractivity contribution is 5.53. The Kier molecular flexibility index (Phi) is 7.77. The van der Waals surface area contributed by atoms with Gasteiger partial charge in [0, 0.05) is 45.8 Å². The fourth-order valence-corrected chi connectivity index (χ4v) is 5.01. The summed E-state index contributed by atoms with van der Waals surface area (Å²) in [5.74, 6) is 2.94. The van der Waals surface area contributed by atoms with Crippen LogP contribution >= 0.6 is 0 Å². The van der Waals surface area contributed by atoms with E-state index in [0.29, 0.717) is 18.1 Å². The molecule has 0 radical (unpaired) electrons. The highest BCUT2D eigenvalue weighted by Crippen LogP contribution is 2.28. The molecule has 0 aromatic carbocycles. The van der Waals surface area contributed by atoms with E-state index in [-0.39, 0.29) is 0 Å². The number of allylic oxidation sites excluding steroid dienone is 4. The minimum atomic E-state index is 0.459. The summed E-state index contributed by atoms with van der Waals surface area (Å²) in [6, 6.07) is 4.30. The fraction of sp³-hybridized carbons (Fsp3) is 0.500. The number of hydrogen-bond donors (Lipinski definition) is 0. The average molecular weight is 490 g/mol. The van der Waals surface area contributed by atoms with Crippen molar-refractivity contribution in [1.29, 1.82) is 5.26 Å². The number of piperazine rings is 1. The number of aryl methyl sites for hydroxylation is 1. The number of piperidine rings is 1. The molecule has 0 spiro atoms. The second kappa shape index (κ2) is 11.5. The lowest BCUT2D eigenvalue weighted by Gasteiger charge is -2.36. The van der Waals surface area contributed by atoms with E-state index in [4.69, 9.17) is 19.2 Å². The van der Waals surface area contributed by atoms with Crippen molar-refractivity contribution in [2.45, 2.75) is 39.0 Å². The molecule has 0 bridgehead atoms. The zero-order valence-electron chi connectivity index (χ0n) is 21.1. The van der Waals surface area contributed by atoms with Crippen molar-refractivity contribution in [3.63, 3.8) is 0 Å². The van der Waals surface area contributed by atoms with Crippen molar-refractivity contribution in [2.75, 3.05) is 57.3 Å². The van der Waals surface area contributed by atoms with E-state index in [1.165, 1.54) is 24.8 Å². The molecule has 0 amide bonds. The molecule has 0 N–H and O–H groups in total. The normalized spacial score (nSPS) is 20.5. The molecular weight excluding hydrogens is 454 g/mol. The molecule has 1 aromatic rings. The summed E-state index contributed by atoms with van der Waals surface area (Å²) in [6.07, 6.45) is 15.4. The van der Waals surface area contributed by atoms with Gasteiger partial charge in [-0.1, -0.05) is 18.2 Å². The van der Waals surface area contributed by atoms with E-state index in [2.05, 4.69) is 39.0 Å². The second-order valence-electron chi connectivity index (χ2n) is 9.65. The lowest BCUT2D eigenvalue weighted by Crippen LogP contribution is -2.47. The van der Waals surface area contributed by atoms with Gasteiger partial charge in [-0.3, -0.25) is 4.90 Å². The Morgan fingerprint density at radius 1 is 1.03 bits per heavy atom. The van der Waals surface area contributed by atoms with Crippen LogP contribution in [0.2, 0.25) is 0 Å². The molecule has 2 fully saturated rings. The molecule has 1 aromatic heterocycles. The standard InChI is InChI=1S/C28H35N5O3/c1-22-18-26(32-10-6-3-7-11-32)30-28(24(22)19-29)34-17-16-31-12-14-33(15-13-31)27-21-35-25(20-36-27)23-8-4-2-5-9-23/h2,4,8,18,20-21H,3,5-7,9-17H2,1H3. The summed E-state index contributed by atoms with van der Waals surface area (Å²) in [7, 11) is 0. The molecule has 0 atom stereocenters. The van der Waals surface area contributed by atoms with Crippen LogP contribution in [0.4, 0.5) is 5.82 Å². The quantitative estimate of drug-likeness (QED) is 0.564. The number of hydrogen-bond acceptors (Lipinski definition) is 8. The van der Waals surface area contributed by atoms with Crippen LogP contribution in [-0.2, 0) is 9.47 Å². The molecule has 36 heavy (non-hydrogen) atoms. The van der Waals surface area contributed by atoms with Crippen molar-refractivity contribution in [3.05, 3.63) is 65.2 Å². The first-order chi connectivity index (χ1) is 17.7. The summed E-state index contributed by atoms with van der Waals surface area (Å²) in [6.45, 7) is 8.80. The molecule has 8 nitrogen and oxygen atoms in total. The molecule has 3 aliphatic heterocycles. The maximum Gasteiger partial charge on any atom is 0.233 e. The van der Waals surface area contributed by atoms with Gasteiger partial charge in [-0.25, -0.2) is 0 Å². The van der Waals surface area contributed by atoms with Crippen molar-refractivity contribution < 1.29 is 14.2 Å². The maximum atomic E-state index is 9.66. The fourth-order valence-electron chi connectivity index (χ4n) is 5.01. The van der Waals surface area contributed by atoms with Crippen LogP contribution in [0.3, 0.4) is 0 Å². The molecule has 0 saturated carbocycles. The summed E-state index contributed by atoms with van der Waals surface area (Å²) in [5.41, 5.74) is 2.63. The van der Waals surface area contributed by atoms with Crippen molar-refractivity contribution in [3.8, 4) is 11.9 Å². The average Bonchev–Trinajstić information content (AvgIpc) is 2.94. The number of pyridine rings is 1. The highest BCUT2D eigenvalue weighted by atomic mass is 16.6. The third kappa shape index (κ3) is 5.68. The lowest BCUT2D eigenvalue weighted by molar-refractivity contribution is 0.0781. The molecular formula is C28H35N5O3. The van der Waals surface area contributed by atoms with Crippen LogP contribution in [-0.4, -0.2) is 67.2 Å². The van der Waals surface area contributed by atoms with Gasteiger partial charge in [0.05, 0.1) is 0 Å². The number of nitrogens with zero attached hydrogens (tertiary/aromatic N) is 5. The molecule has 5 rings (SSSR count). The Balaban J connectivity index is 1.10. The van der Waals surface area contributed by atoms with Crippen molar-refractivity contribution >= 4 is 5.82 Å². The third-order valence-corrected chi connectivity index (χ3v) is 7.20. The van der Waals surface area contributed by atoms with Gasteiger partial charge in [-0.05, 0) is 56.2 Å². The highest BCUT2D eigenvalue weighted by Gasteiger charge is 2.23. The minimum absolute atomic E-state index is 0.459. The predicted molar refractivity (Wildman–Crippen MR) is 138 cm³/mol. The van der Waals surface area contributed by atoms with Crippen LogP contribution in [0, 0.1) is 18.3 Å². The van der Waals surface area contributed by atoms with Crippen LogP contribution in [0.1, 0.15) is 43.2 Å². The summed E-state index contributed by atoms with van der Waals surface area (Å²) < 4.78 is 17.8. The molecule has 1 aliphatic carbocycles. The van der Waals surface area contributed by atoms with Gasteiger partial charge in [0.2, 0.25) is 11.8 Å². The molecule has 4 heterocycles. The van der Waals surface area contributed by atoms with E-state index in [1.54, 1.807) is 12.5 Å². The first-order valence-corrected chi connectivity index (χ1v) is 13.1. The Bertz CT molecular complexity index is 1100. The van der Waals surface area contributed by atoms with Crippen molar-refractivity contribution in [2.24, 2.45) is 0 Å². The van der Waals surface area contributed by atoms with Crippen LogP contribution in [0.15, 0.2) is 54.0 Å². The van der Waals surface area contributed by atoms with Gasteiger partial charge in [-0.15, -0.1) is 0 Å². The first kappa shape index (κ1) is 24.3. The first-order valence-electron chi connectivity index (χ1n) is 13.1. The monoisotopic (exact) mass is 489 g/mol. The van der Waals surface area contributed by atoms with Gasteiger partial charge < -0.3 is 24.0 Å². The van der Waals surface area contributed by atoms with Crippen molar-refractivity contribution in [1.82, 2.24) is 14.8 Å². The van der Waals surface area contributed by atoms with Gasteiger partial charge in [-0.2, -0.15) is 10.2 Å². The smallest absolute Gasteiger partial charge is 0.233 e. The van der Waals surface area contributed by atoms with E-state index in [9.17, 15) is 5.26 Å². The zero-order valence-corrected chi connectivity index (χ0v) is 21.1. The Morgan fingerprint density at radius 3 is 2.56 bits per heavy atom. The zero-order chi connectivity index (χ0) is 24.7. The number of anilines is 1. The van der Waals surface area contributed by atoms with E-state index >= 15 is 0 Å². The molecule has 0 unspecified atom stereocenters. The summed E-state index contributed by atoms with van der Waals surface area (Å²) in [5, 5.41) is 9.66. The van der Waals surface area contributed by atoms with E-state index in [1.807, 2.05) is 13.0 Å². The maximum absolute atomic E-state index is 9.66. The number of aromatic nitrogens is 1. The lowest BCUT2D eigenvalue weighted by atomic mass is 10.0. The summed E-state index contributed by atoms with van der Waals surface area (Å²) in [4.78, 5) is 11.6. The van der Waals surface area contributed by atoms with Gasteiger partial charge >= 0.3 is 0 Å². The van der Waals surface area contributed by atoms with E-state index in [0.717, 1.165) is 81.7 Å². The van der Waals surface area contributed by atoms with Gasteiger partial charge in [0.25, 0.3) is 0 Å². The Morgan fingerprint density at radius 2 is 1.86 bits per heavy atom. The molecule has 4 aliphatic rings. The van der Waals surface area contributed by atoms with Crippen LogP contribution in [0.25, 0.3) is 0 Å². The van der Waals surface area contributed by atoms with E-state index < -0.39 is 0 Å². The SMILES string of the molecule is Cc1cc(N2CCCCC2)nc(OCCN2CCN(C3=COC(C4=CC=CCC4)=CO3)CC2)c1C#N. The molecule has 190 valence electrons.